The van der Waals surface area contributed by atoms with Crippen molar-refractivity contribution in [2.75, 3.05) is 5.73 Å². The van der Waals surface area contributed by atoms with Gasteiger partial charge in [-0.25, -0.2) is 5.10 Å². The molecule has 2 aromatic rings. The van der Waals surface area contributed by atoms with Crippen LogP contribution in [0, 0.1) is 0 Å². The summed E-state index contributed by atoms with van der Waals surface area (Å²) in [5, 5.41) is 8.13. The summed E-state index contributed by atoms with van der Waals surface area (Å²) in [6.07, 6.45) is -4.53. The molecule has 0 radical (unpaired) electrons. The Kier molecular flexibility index (Phi) is 4.39. The van der Waals surface area contributed by atoms with Crippen molar-refractivity contribution in [2.24, 2.45) is 0 Å². The number of alkyl halides is 3. The number of carbonyl (C=O) groups is 1. The molecule has 0 saturated carbocycles. The summed E-state index contributed by atoms with van der Waals surface area (Å²) in [6, 6.07) is 4.68. The zero-order valence-electron chi connectivity index (χ0n) is 11.9. The topological polar surface area (TPSA) is 101 Å². The summed E-state index contributed by atoms with van der Waals surface area (Å²) in [5.74, 6) is -0.635. The Labute approximate surface area is 128 Å². The van der Waals surface area contributed by atoms with Crippen LogP contribution in [0.2, 0.25) is 0 Å². The fourth-order valence-electron chi connectivity index (χ4n) is 1.92. The lowest BCUT2D eigenvalue weighted by Gasteiger charge is -2.17. The first-order valence-corrected chi connectivity index (χ1v) is 6.51. The van der Waals surface area contributed by atoms with Gasteiger partial charge in [-0.1, -0.05) is 0 Å². The lowest BCUT2D eigenvalue weighted by atomic mass is 10.0. The fraction of sp³-hybridized carbons (Fsp3) is 0.214. The average Bonchev–Trinajstić information content (AvgIpc) is 2.46. The first kappa shape index (κ1) is 16.5. The van der Waals surface area contributed by atoms with Crippen molar-refractivity contribution < 1.29 is 18.0 Å². The summed E-state index contributed by atoms with van der Waals surface area (Å²) >= 11 is 0. The Morgan fingerprint density at radius 2 is 2.00 bits per heavy atom. The van der Waals surface area contributed by atoms with E-state index in [1.807, 2.05) is 0 Å². The van der Waals surface area contributed by atoms with Crippen LogP contribution in [-0.4, -0.2) is 16.1 Å². The van der Waals surface area contributed by atoms with E-state index in [0.717, 1.165) is 18.2 Å². The number of H-pyrrole nitrogens is 1. The van der Waals surface area contributed by atoms with Crippen LogP contribution in [0.4, 0.5) is 18.9 Å². The van der Waals surface area contributed by atoms with E-state index >= 15 is 0 Å². The van der Waals surface area contributed by atoms with E-state index < -0.39 is 29.2 Å². The molecule has 2 rings (SSSR count). The van der Waals surface area contributed by atoms with Gasteiger partial charge in [0.1, 0.15) is 5.69 Å². The van der Waals surface area contributed by atoms with E-state index in [2.05, 4.69) is 15.5 Å². The number of aromatic nitrogens is 2. The van der Waals surface area contributed by atoms with Crippen LogP contribution >= 0.6 is 0 Å². The molecule has 1 heterocycles. The number of nitrogens with two attached hydrogens (primary N) is 1. The molecular weight excluding hydrogens is 313 g/mol. The summed E-state index contributed by atoms with van der Waals surface area (Å²) in [7, 11) is 0. The lowest BCUT2D eigenvalue weighted by molar-refractivity contribution is -0.137. The summed E-state index contributed by atoms with van der Waals surface area (Å²) < 4.78 is 38.4. The van der Waals surface area contributed by atoms with Gasteiger partial charge in [-0.05, 0) is 36.8 Å². The number of hydrogen-bond acceptors (Lipinski definition) is 4. The summed E-state index contributed by atoms with van der Waals surface area (Å²) in [4.78, 5) is 22.8. The first-order valence-electron chi connectivity index (χ1n) is 6.51. The summed E-state index contributed by atoms with van der Waals surface area (Å²) in [5.41, 5.74) is 4.21. The molecule has 0 unspecified atom stereocenters. The second kappa shape index (κ2) is 6.11. The highest BCUT2D eigenvalue weighted by atomic mass is 19.4. The molecule has 1 amide bonds. The van der Waals surface area contributed by atoms with E-state index in [1.54, 1.807) is 0 Å². The molecule has 4 N–H and O–H groups in total. The number of carbonyl (C=O) groups excluding carboxylic acids is 1. The number of nitrogens with one attached hydrogen (secondary N) is 2. The second-order valence-electron chi connectivity index (χ2n) is 4.89. The number of nitrogen functional groups attached to an aromatic ring is 1. The number of anilines is 1. The van der Waals surface area contributed by atoms with Gasteiger partial charge in [0.2, 0.25) is 0 Å². The first-order chi connectivity index (χ1) is 10.7. The standard InChI is InChI=1S/C14H13F3N4O2/c1-7(19-13(23)11-2-3-12(22)21-20-11)8-4-9(14(15,16)17)6-10(18)5-8/h2-7H,18H2,1H3,(H,19,23)(H,21,22)/t7-/m1/s1. The van der Waals surface area contributed by atoms with Crippen molar-refractivity contribution in [3.63, 3.8) is 0 Å². The molecule has 0 saturated heterocycles. The van der Waals surface area contributed by atoms with Crippen LogP contribution < -0.4 is 16.6 Å². The highest BCUT2D eigenvalue weighted by Gasteiger charge is 2.31. The van der Waals surface area contributed by atoms with Gasteiger partial charge in [0.15, 0.2) is 0 Å². The average molecular weight is 326 g/mol. The Morgan fingerprint density at radius 3 is 2.57 bits per heavy atom. The molecule has 1 aromatic carbocycles. The molecule has 122 valence electrons. The number of halogens is 3. The quantitative estimate of drug-likeness (QED) is 0.749. The van der Waals surface area contributed by atoms with Gasteiger partial charge in [-0.15, -0.1) is 0 Å². The van der Waals surface area contributed by atoms with Gasteiger partial charge in [0.25, 0.3) is 11.5 Å². The Bertz CT molecular complexity index is 766. The van der Waals surface area contributed by atoms with Crippen molar-refractivity contribution in [1.82, 2.24) is 15.5 Å². The predicted molar refractivity (Wildman–Crippen MR) is 76.6 cm³/mol. The third kappa shape index (κ3) is 4.09. The minimum atomic E-state index is -4.53. The maximum Gasteiger partial charge on any atom is 0.416 e. The molecular formula is C14H13F3N4O2. The number of nitrogens with zero attached hydrogens (tertiary/aromatic N) is 1. The largest absolute Gasteiger partial charge is 0.416 e. The fourth-order valence-corrected chi connectivity index (χ4v) is 1.92. The highest BCUT2D eigenvalue weighted by molar-refractivity contribution is 5.92. The maximum absolute atomic E-state index is 12.8. The maximum atomic E-state index is 12.8. The van der Waals surface area contributed by atoms with E-state index in [4.69, 9.17) is 5.73 Å². The number of hydrogen-bond donors (Lipinski definition) is 3. The molecule has 1 atom stereocenters. The molecule has 23 heavy (non-hydrogen) atoms. The monoisotopic (exact) mass is 326 g/mol. The zero-order chi connectivity index (χ0) is 17.2. The third-order valence-corrected chi connectivity index (χ3v) is 3.06. The molecule has 0 aliphatic heterocycles. The molecule has 0 aliphatic carbocycles. The van der Waals surface area contributed by atoms with Gasteiger partial charge in [-0.3, -0.25) is 9.59 Å². The van der Waals surface area contributed by atoms with Crippen LogP contribution in [0.15, 0.2) is 35.1 Å². The van der Waals surface area contributed by atoms with E-state index in [1.165, 1.54) is 19.1 Å². The van der Waals surface area contributed by atoms with Crippen LogP contribution in [0.1, 0.15) is 34.6 Å². The van der Waals surface area contributed by atoms with Gasteiger partial charge < -0.3 is 11.1 Å². The number of benzene rings is 1. The SMILES string of the molecule is C[C@@H](NC(=O)c1ccc(=O)[nH]n1)c1cc(N)cc(C(F)(F)F)c1. The Hall–Kier alpha value is -2.84. The zero-order valence-corrected chi connectivity index (χ0v) is 11.9. The smallest absolute Gasteiger partial charge is 0.399 e. The van der Waals surface area contributed by atoms with Crippen molar-refractivity contribution in [3.8, 4) is 0 Å². The molecule has 0 fully saturated rings. The Balaban J connectivity index is 2.22. The van der Waals surface area contributed by atoms with Crippen molar-refractivity contribution in [2.45, 2.75) is 19.1 Å². The van der Waals surface area contributed by atoms with Crippen LogP contribution in [0.25, 0.3) is 0 Å². The Morgan fingerprint density at radius 1 is 1.30 bits per heavy atom. The third-order valence-electron chi connectivity index (χ3n) is 3.06. The molecule has 0 spiro atoms. The van der Waals surface area contributed by atoms with E-state index in [9.17, 15) is 22.8 Å². The van der Waals surface area contributed by atoms with Gasteiger partial charge >= 0.3 is 6.18 Å². The number of rotatable bonds is 3. The lowest BCUT2D eigenvalue weighted by Crippen LogP contribution is -2.28. The van der Waals surface area contributed by atoms with Crippen LogP contribution in [0.3, 0.4) is 0 Å². The van der Waals surface area contributed by atoms with E-state index in [0.29, 0.717) is 0 Å². The molecule has 9 heteroatoms. The number of amides is 1. The molecule has 6 nitrogen and oxygen atoms in total. The highest BCUT2D eigenvalue weighted by Crippen LogP contribution is 2.32. The minimum Gasteiger partial charge on any atom is -0.399 e. The summed E-state index contributed by atoms with van der Waals surface area (Å²) in [6.45, 7) is 1.51. The molecule has 0 bridgehead atoms. The van der Waals surface area contributed by atoms with Crippen molar-refractivity contribution in [3.05, 3.63) is 57.5 Å². The number of aromatic amines is 1. The van der Waals surface area contributed by atoms with E-state index in [-0.39, 0.29) is 16.9 Å². The van der Waals surface area contributed by atoms with Crippen molar-refractivity contribution in [1.29, 1.82) is 0 Å². The van der Waals surface area contributed by atoms with Gasteiger partial charge in [0, 0.05) is 11.8 Å². The second-order valence-corrected chi connectivity index (χ2v) is 4.89. The minimum absolute atomic E-state index is 0.0573. The molecule has 0 aliphatic rings. The predicted octanol–water partition coefficient (Wildman–Crippen LogP) is 1.86. The van der Waals surface area contributed by atoms with Gasteiger partial charge in [0.05, 0.1) is 11.6 Å². The van der Waals surface area contributed by atoms with Gasteiger partial charge in [-0.2, -0.15) is 18.3 Å². The van der Waals surface area contributed by atoms with Crippen molar-refractivity contribution >= 4 is 11.6 Å². The van der Waals surface area contributed by atoms with Crippen LogP contribution in [-0.2, 0) is 6.18 Å². The molecule has 1 aromatic heterocycles. The normalized spacial score (nSPS) is 12.7. The van der Waals surface area contributed by atoms with Crippen LogP contribution in [0.5, 0.6) is 0 Å².